The number of nitrogens with zero attached hydrogens (tertiary/aromatic N) is 5. The van der Waals surface area contributed by atoms with Crippen LogP contribution in [-0.2, 0) is 0 Å². The Morgan fingerprint density at radius 2 is 1.60 bits per heavy atom. The Bertz CT molecular complexity index is 1570. The van der Waals surface area contributed by atoms with Gasteiger partial charge in [-0.25, -0.2) is 19.9 Å². The topological polar surface area (TPSA) is 103 Å². The van der Waals surface area contributed by atoms with Crippen molar-refractivity contribution in [2.45, 2.75) is 0 Å². The lowest BCUT2D eigenvalue weighted by atomic mass is 10.0. The third kappa shape index (κ3) is 4.25. The van der Waals surface area contributed by atoms with E-state index in [0.29, 0.717) is 61.3 Å². The van der Waals surface area contributed by atoms with Crippen molar-refractivity contribution in [1.29, 1.82) is 0 Å². The van der Waals surface area contributed by atoms with E-state index >= 15 is 0 Å². The molecule has 0 spiro atoms. The maximum Gasteiger partial charge on any atom is 0.243 e. The van der Waals surface area contributed by atoms with E-state index in [0.717, 1.165) is 0 Å². The Labute approximate surface area is 210 Å². The molecule has 8 nitrogen and oxygen atoms in total. The molecule has 35 heavy (non-hydrogen) atoms. The van der Waals surface area contributed by atoms with Crippen molar-refractivity contribution in [3.05, 3.63) is 83.0 Å². The maximum absolute atomic E-state index is 11.2. The Hall–Kier alpha value is -4.14. The number of halogens is 2. The number of hydrogen-bond acceptors (Lipinski definition) is 8. The van der Waals surface area contributed by atoms with Gasteiger partial charge in [0.1, 0.15) is 5.52 Å². The molecule has 1 N–H and O–H groups in total. The second-order valence-corrected chi connectivity index (χ2v) is 8.07. The molecule has 3 aromatic heterocycles. The first-order valence-electron chi connectivity index (χ1n) is 10.4. The first-order valence-corrected chi connectivity index (χ1v) is 11.1. The maximum atomic E-state index is 11.2. The average Bonchev–Trinajstić information content (AvgIpc) is 2.90. The minimum atomic E-state index is 0.108. The highest BCUT2D eigenvalue weighted by molar-refractivity contribution is 6.39. The van der Waals surface area contributed by atoms with Crippen molar-refractivity contribution in [2.24, 2.45) is 0 Å². The number of anilines is 2. The van der Waals surface area contributed by atoms with Gasteiger partial charge in [-0.15, -0.1) is 0 Å². The van der Waals surface area contributed by atoms with Crippen LogP contribution in [0.5, 0.6) is 5.88 Å². The lowest BCUT2D eigenvalue weighted by Gasteiger charge is -2.15. The van der Waals surface area contributed by atoms with E-state index in [-0.39, 0.29) is 11.6 Å². The molecular formula is C25H16Cl2N6O2. The van der Waals surface area contributed by atoms with Crippen LogP contribution in [0, 0.1) is 0 Å². The van der Waals surface area contributed by atoms with Gasteiger partial charge >= 0.3 is 0 Å². The van der Waals surface area contributed by atoms with E-state index < -0.39 is 0 Å². The highest BCUT2D eigenvalue weighted by atomic mass is 35.5. The van der Waals surface area contributed by atoms with Gasteiger partial charge in [-0.2, -0.15) is 0 Å². The molecule has 0 saturated heterocycles. The summed E-state index contributed by atoms with van der Waals surface area (Å²) in [7, 11) is 1.42. The van der Waals surface area contributed by atoms with Crippen molar-refractivity contribution in [3.63, 3.8) is 0 Å². The third-order valence-electron chi connectivity index (χ3n) is 5.28. The molecule has 5 rings (SSSR count). The molecule has 0 unspecified atom stereocenters. The zero-order chi connectivity index (χ0) is 24.4. The molecule has 5 aromatic rings. The smallest absolute Gasteiger partial charge is 0.243 e. The van der Waals surface area contributed by atoms with Gasteiger partial charge in [-0.1, -0.05) is 53.5 Å². The first kappa shape index (κ1) is 22.6. The molecule has 0 amide bonds. The van der Waals surface area contributed by atoms with Crippen LogP contribution < -0.4 is 10.1 Å². The number of carbonyl (C=O) groups is 1. The number of methoxy groups -OCH3 is 1. The van der Waals surface area contributed by atoms with Gasteiger partial charge in [-0.05, 0) is 12.1 Å². The first-order chi connectivity index (χ1) is 17.1. The second-order valence-electron chi connectivity index (χ2n) is 7.31. The number of aldehydes is 1. The molecular weight excluding hydrogens is 487 g/mol. The molecule has 0 aliphatic rings. The van der Waals surface area contributed by atoms with Crippen molar-refractivity contribution >= 4 is 52.0 Å². The fourth-order valence-corrected chi connectivity index (χ4v) is 4.23. The average molecular weight is 503 g/mol. The standard InChI is InChI=1S/C25H16Cl2N6O2/c1-35-25-20(13-34)31-12-19(33-25)16-6-2-4-14(21(16)26)15-5-3-7-17(22(15)27)32-24-23-18(8-9-30-24)28-10-11-29-23/h2-13H,1H3,(H,30,32). The molecule has 10 heteroatoms. The van der Waals surface area contributed by atoms with Crippen molar-refractivity contribution < 1.29 is 9.53 Å². The molecule has 3 heterocycles. The number of fused-ring (bicyclic) bond motifs is 1. The van der Waals surface area contributed by atoms with Gasteiger partial charge < -0.3 is 10.1 Å². The monoisotopic (exact) mass is 502 g/mol. The van der Waals surface area contributed by atoms with Crippen LogP contribution in [0.1, 0.15) is 10.5 Å². The molecule has 0 aliphatic heterocycles. The Balaban J connectivity index is 1.57. The van der Waals surface area contributed by atoms with E-state index in [1.165, 1.54) is 13.3 Å². The van der Waals surface area contributed by atoms with E-state index in [1.54, 1.807) is 24.7 Å². The Morgan fingerprint density at radius 3 is 2.40 bits per heavy atom. The van der Waals surface area contributed by atoms with Crippen LogP contribution >= 0.6 is 23.2 Å². The number of ether oxygens (including phenoxy) is 1. The lowest BCUT2D eigenvalue weighted by molar-refractivity contribution is 0.111. The van der Waals surface area contributed by atoms with Gasteiger partial charge in [0.05, 0.1) is 40.2 Å². The van der Waals surface area contributed by atoms with Crippen molar-refractivity contribution in [1.82, 2.24) is 24.9 Å². The second kappa shape index (κ2) is 9.61. The Morgan fingerprint density at radius 1 is 0.857 bits per heavy atom. The van der Waals surface area contributed by atoms with Gasteiger partial charge in [0.2, 0.25) is 5.88 Å². The highest BCUT2D eigenvalue weighted by Crippen LogP contribution is 2.41. The molecule has 172 valence electrons. The zero-order valence-electron chi connectivity index (χ0n) is 18.2. The molecule has 0 saturated carbocycles. The molecule has 0 bridgehead atoms. The van der Waals surface area contributed by atoms with Gasteiger partial charge in [-0.3, -0.25) is 9.78 Å². The molecule has 0 radical (unpaired) electrons. The lowest BCUT2D eigenvalue weighted by Crippen LogP contribution is -2.00. The van der Waals surface area contributed by atoms with Crippen LogP contribution in [0.4, 0.5) is 11.5 Å². The number of rotatable bonds is 6. The molecule has 0 aliphatic carbocycles. The zero-order valence-corrected chi connectivity index (χ0v) is 19.7. The van der Waals surface area contributed by atoms with Crippen LogP contribution in [0.2, 0.25) is 10.0 Å². The summed E-state index contributed by atoms with van der Waals surface area (Å²) in [6.45, 7) is 0. The quantitative estimate of drug-likeness (QED) is 0.281. The van der Waals surface area contributed by atoms with E-state index in [1.807, 2.05) is 36.4 Å². The van der Waals surface area contributed by atoms with Crippen molar-refractivity contribution in [3.8, 4) is 28.3 Å². The summed E-state index contributed by atoms with van der Waals surface area (Å²) < 4.78 is 5.18. The minimum Gasteiger partial charge on any atom is -0.479 e. The molecule has 0 fully saturated rings. The summed E-state index contributed by atoms with van der Waals surface area (Å²) in [6, 6.07) is 12.9. The summed E-state index contributed by atoms with van der Waals surface area (Å²) in [5, 5.41) is 4.14. The summed E-state index contributed by atoms with van der Waals surface area (Å²) in [6.07, 6.45) is 6.95. The summed E-state index contributed by atoms with van der Waals surface area (Å²) >= 11 is 13.7. The van der Waals surface area contributed by atoms with Crippen LogP contribution in [-0.4, -0.2) is 38.3 Å². The predicted molar refractivity (Wildman–Crippen MR) is 135 cm³/mol. The fraction of sp³-hybridized carbons (Fsp3) is 0.0400. The molecule has 2 aromatic carbocycles. The summed E-state index contributed by atoms with van der Waals surface area (Å²) in [5.41, 5.74) is 4.57. The van der Waals surface area contributed by atoms with Gasteiger partial charge in [0, 0.05) is 35.3 Å². The Kier molecular flexibility index (Phi) is 6.22. The number of pyridine rings is 1. The number of benzene rings is 2. The summed E-state index contributed by atoms with van der Waals surface area (Å²) in [4.78, 5) is 32.8. The molecule has 0 atom stereocenters. The highest BCUT2D eigenvalue weighted by Gasteiger charge is 2.17. The number of carbonyl (C=O) groups excluding carboxylic acids is 1. The van der Waals surface area contributed by atoms with E-state index in [2.05, 4.69) is 30.2 Å². The number of hydrogen-bond donors (Lipinski definition) is 1. The van der Waals surface area contributed by atoms with Gasteiger partial charge in [0.15, 0.2) is 17.8 Å². The van der Waals surface area contributed by atoms with E-state index in [4.69, 9.17) is 27.9 Å². The predicted octanol–water partition coefficient (Wildman–Crippen LogP) is 6.02. The van der Waals surface area contributed by atoms with Gasteiger partial charge in [0.25, 0.3) is 0 Å². The summed E-state index contributed by atoms with van der Waals surface area (Å²) in [5.74, 6) is 0.654. The van der Waals surface area contributed by atoms with Crippen molar-refractivity contribution in [2.75, 3.05) is 12.4 Å². The van der Waals surface area contributed by atoms with E-state index in [9.17, 15) is 4.79 Å². The van der Waals surface area contributed by atoms with Crippen LogP contribution in [0.15, 0.2) is 67.3 Å². The normalized spacial score (nSPS) is 10.8. The van der Waals surface area contributed by atoms with Crippen LogP contribution in [0.25, 0.3) is 33.4 Å². The third-order valence-corrected chi connectivity index (χ3v) is 6.09. The van der Waals surface area contributed by atoms with Crippen LogP contribution in [0.3, 0.4) is 0 Å². The minimum absolute atomic E-state index is 0.108. The SMILES string of the molecule is COc1nc(-c2cccc(-c3cccc(Nc4nccc5nccnc45)c3Cl)c2Cl)cnc1C=O. The fourth-order valence-electron chi connectivity index (χ4n) is 3.63. The number of aromatic nitrogens is 5. The largest absolute Gasteiger partial charge is 0.479 e. The number of nitrogens with one attached hydrogen (secondary N) is 1.